The molecule has 1 aromatic rings. The first-order valence-corrected chi connectivity index (χ1v) is 8.23. The zero-order valence-corrected chi connectivity index (χ0v) is 13.9. The van der Waals surface area contributed by atoms with Crippen LogP contribution < -0.4 is 9.47 Å². The first-order valence-electron chi connectivity index (χ1n) is 8.23. The number of carbonyl (C=O) groups excluding carboxylic acids is 1. The quantitative estimate of drug-likeness (QED) is 0.805. The summed E-state index contributed by atoms with van der Waals surface area (Å²) in [5.41, 5.74) is 0. The molecule has 0 aromatic heterocycles. The average Bonchev–Trinajstić information content (AvgIpc) is 2.59. The summed E-state index contributed by atoms with van der Waals surface area (Å²) >= 11 is 0. The first-order chi connectivity index (χ1) is 10.7. The van der Waals surface area contributed by atoms with Crippen molar-refractivity contribution in [3.63, 3.8) is 0 Å². The molecule has 0 heterocycles. The fraction of sp³-hybridized carbons (Fsp3) is 0.611. The van der Waals surface area contributed by atoms with Crippen molar-refractivity contribution in [2.45, 2.75) is 57.6 Å². The maximum atomic E-state index is 12.7. The van der Waals surface area contributed by atoms with Gasteiger partial charge in [0.15, 0.2) is 6.10 Å². The van der Waals surface area contributed by atoms with E-state index in [1.807, 2.05) is 43.1 Å². The van der Waals surface area contributed by atoms with Crippen LogP contribution in [0.1, 0.15) is 45.4 Å². The third kappa shape index (κ3) is 4.15. The Morgan fingerprint density at radius 1 is 1.27 bits per heavy atom. The highest BCUT2D eigenvalue weighted by Crippen LogP contribution is 2.24. The van der Waals surface area contributed by atoms with E-state index in [4.69, 9.17) is 9.47 Å². The number of nitrogens with zero attached hydrogens (tertiary/aromatic N) is 1. The minimum Gasteiger partial charge on any atom is -0.497 e. The third-order valence-electron chi connectivity index (χ3n) is 4.44. The van der Waals surface area contributed by atoms with Gasteiger partial charge in [0.2, 0.25) is 0 Å². The Morgan fingerprint density at radius 2 is 1.95 bits per heavy atom. The van der Waals surface area contributed by atoms with E-state index in [9.17, 15) is 4.79 Å². The summed E-state index contributed by atoms with van der Waals surface area (Å²) in [6.07, 6.45) is 6.17. The number of likely N-dealkylation sites (N-methyl/N-ethyl adjacent to an activating group) is 1. The average molecular weight is 305 g/mol. The number of hydrogen-bond acceptors (Lipinski definition) is 3. The van der Waals surface area contributed by atoms with Crippen molar-refractivity contribution in [3.05, 3.63) is 24.3 Å². The molecule has 2 rings (SSSR count). The van der Waals surface area contributed by atoms with Crippen LogP contribution in [0.4, 0.5) is 0 Å². The van der Waals surface area contributed by atoms with E-state index < -0.39 is 6.10 Å². The number of carbonyl (C=O) groups is 1. The lowest BCUT2D eigenvalue weighted by molar-refractivity contribution is -0.140. The molecule has 1 aliphatic carbocycles. The van der Waals surface area contributed by atoms with Crippen LogP contribution in [0.5, 0.6) is 11.5 Å². The van der Waals surface area contributed by atoms with Crippen LogP contribution in [0, 0.1) is 0 Å². The Balaban J connectivity index is 2.01. The summed E-state index contributed by atoms with van der Waals surface area (Å²) in [6, 6.07) is 7.78. The van der Waals surface area contributed by atoms with Crippen LogP contribution in [-0.2, 0) is 4.79 Å². The largest absolute Gasteiger partial charge is 0.497 e. The van der Waals surface area contributed by atoms with Gasteiger partial charge in [-0.15, -0.1) is 0 Å². The molecule has 122 valence electrons. The number of ether oxygens (including phenoxy) is 2. The van der Waals surface area contributed by atoms with Crippen molar-refractivity contribution in [2.75, 3.05) is 14.2 Å². The highest BCUT2D eigenvalue weighted by Gasteiger charge is 2.28. The highest BCUT2D eigenvalue weighted by molar-refractivity contribution is 5.81. The predicted octanol–water partition coefficient (Wildman–Crippen LogP) is 3.64. The summed E-state index contributed by atoms with van der Waals surface area (Å²) in [6.45, 7) is 1.98. The number of amides is 1. The second-order valence-electron chi connectivity index (χ2n) is 5.93. The van der Waals surface area contributed by atoms with Gasteiger partial charge in [0, 0.05) is 19.2 Å². The molecule has 0 aliphatic heterocycles. The van der Waals surface area contributed by atoms with Crippen molar-refractivity contribution >= 4 is 5.91 Å². The van der Waals surface area contributed by atoms with Crippen molar-refractivity contribution in [3.8, 4) is 11.5 Å². The monoisotopic (exact) mass is 305 g/mol. The molecular weight excluding hydrogens is 278 g/mol. The van der Waals surface area contributed by atoms with Gasteiger partial charge in [-0.1, -0.05) is 32.3 Å². The van der Waals surface area contributed by atoms with Gasteiger partial charge < -0.3 is 14.4 Å². The minimum absolute atomic E-state index is 0.0808. The summed E-state index contributed by atoms with van der Waals surface area (Å²) < 4.78 is 11.1. The van der Waals surface area contributed by atoms with Crippen LogP contribution in [0.25, 0.3) is 0 Å². The molecule has 0 N–H and O–H groups in total. The SMILES string of the molecule is CC[C@H](Oc1cccc(OC)c1)C(=O)N(C)C1CCCCC1. The predicted molar refractivity (Wildman–Crippen MR) is 87.3 cm³/mol. The van der Waals surface area contributed by atoms with Gasteiger partial charge in [-0.3, -0.25) is 4.79 Å². The van der Waals surface area contributed by atoms with Crippen LogP contribution in [0.15, 0.2) is 24.3 Å². The van der Waals surface area contributed by atoms with E-state index in [1.165, 1.54) is 19.3 Å². The number of methoxy groups -OCH3 is 1. The molecule has 0 unspecified atom stereocenters. The van der Waals surface area contributed by atoms with E-state index in [0.29, 0.717) is 18.2 Å². The van der Waals surface area contributed by atoms with Crippen molar-refractivity contribution in [1.29, 1.82) is 0 Å². The van der Waals surface area contributed by atoms with E-state index in [1.54, 1.807) is 7.11 Å². The van der Waals surface area contributed by atoms with Gasteiger partial charge >= 0.3 is 0 Å². The van der Waals surface area contributed by atoms with Crippen LogP contribution in [0.2, 0.25) is 0 Å². The lowest BCUT2D eigenvalue weighted by Crippen LogP contribution is -2.45. The van der Waals surface area contributed by atoms with E-state index in [-0.39, 0.29) is 5.91 Å². The number of benzene rings is 1. The molecule has 0 radical (unpaired) electrons. The second-order valence-corrected chi connectivity index (χ2v) is 5.93. The van der Waals surface area contributed by atoms with Gasteiger partial charge in [-0.05, 0) is 31.4 Å². The highest BCUT2D eigenvalue weighted by atomic mass is 16.5. The molecule has 0 bridgehead atoms. The molecule has 1 aliphatic rings. The molecule has 22 heavy (non-hydrogen) atoms. The molecule has 1 aromatic carbocycles. The maximum Gasteiger partial charge on any atom is 0.263 e. The molecule has 1 atom stereocenters. The third-order valence-corrected chi connectivity index (χ3v) is 4.44. The Hall–Kier alpha value is -1.71. The number of hydrogen-bond donors (Lipinski definition) is 0. The molecule has 4 heteroatoms. The first kappa shape index (κ1) is 16.7. The molecule has 1 fully saturated rings. The van der Waals surface area contributed by atoms with E-state index in [0.717, 1.165) is 18.6 Å². The van der Waals surface area contributed by atoms with Gasteiger partial charge in [0.1, 0.15) is 11.5 Å². The van der Waals surface area contributed by atoms with Crippen molar-refractivity contribution in [2.24, 2.45) is 0 Å². The minimum atomic E-state index is -0.431. The van der Waals surface area contributed by atoms with E-state index in [2.05, 4.69) is 0 Å². The fourth-order valence-corrected chi connectivity index (χ4v) is 3.02. The van der Waals surface area contributed by atoms with Gasteiger partial charge in [0.05, 0.1) is 7.11 Å². The smallest absolute Gasteiger partial charge is 0.263 e. The Morgan fingerprint density at radius 3 is 2.59 bits per heavy atom. The topological polar surface area (TPSA) is 38.8 Å². The Kier molecular flexibility index (Phi) is 6.10. The molecule has 1 saturated carbocycles. The van der Waals surface area contributed by atoms with Gasteiger partial charge in [-0.25, -0.2) is 0 Å². The fourth-order valence-electron chi connectivity index (χ4n) is 3.02. The molecule has 0 spiro atoms. The molecule has 1 amide bonds. The second kappa shape index (κ2) is 8.06. The van der Waals surface area contributed by atoms with Crippen molar-refractivity contribution < 1.29 is 14.3 Å². The zero-order chi connectivity index (χ0) is 15.9. The lowest BCUT2D eigenvalue weighted by Gasteiger charge is -2.33. The van der Waals surface area contributed by atoms with E-state index >= 15 is 0 Å². The van der Waals surface area contributed by atoms with Crippen LogP contribution >= 0.6 is 0 Å². The maximum absolute atomic E-state index is 12.7. The summed E-state index contributed by atoms with van der Waals surface area (Å²) in [5, 5.41) is 0. The zero-order valence-electron chi connectivity index (χ0n) is 13.9. The molecule has 0 saturated heterocycles. The normalized spacial score (nSPS) is 16.9. The molecule has 4 nitrogen and oxygen atoms in total. The Bertz CT molecular complexity index is 483. The summed E-state index contributed by atoms with van der Waals surface area (Å²) in [7, 11) is 3.54. The molecular formula is C18H27NO3. The standard InChI is InChI=1S/C18H27NO3/c1-4-17(22-16-12-8-11-15(13-16)21-3)18(20)19(2)14-9-6-5-7-10-14/h8,11-14,17H,4-7,9-10H2,1-3H3/t17-/m0/s1. The summed E-state index contributed by atoms with van der Waals surface area (Å²) in [5.74, 6) is 1.49. The lowest BCUT2D eigenvalue weighted by atomic mass is 9.94. The van der Waals surface area contributed by atoms with Gasteiger partial charge in [0.25, 0.3) is 5.91 Å². The van der Waals surface area contributed by atoms with Crippen LogP contribution in [0.3, 0.4) is 0 Å². The summed E-state index contributed by atoms with van der Waals surface area (Å²) in [4.78, 5) is 14.6. The van der Waals surface area contributed by atoms with Crippen molar-refractivity contribution in [1.82, 2.24) is 4.90 Å². The van der Waals surface area contributed by atoms with Crippen LogP contribution in [-0.4, -0.2) is 37.1 Å². The Labute approximate surface area is 133 Å². The number of rotatable bonds is 6. The van der Waals surface area contributed by atoms with Gasteiger partial charge in [-0.2, -0.15) is 0 Å².